The van der Waals surface area contributed by atoms with Crippen LogP contribution >= 0.6 is 36.2 Å². The number of esters is 1. The summed E-state index contributed by atoms with van der Waals surface area (Å²) in [5.41, 5.74) is 9.59. The second-order valence-electron chi connectivity index (χ2n) is 3.65. The van der Waals surface area contributed by atoms with Crippen LogP contribution in [0.25, 0.3) is 10.4 Å². The van der Waals surface area contributed by atoms with Gasteiger partial charge in [0.25, 0.3) is 0 Å². The van der Waals surface area contributed by atoms with Crippen LogP contribution in [0.2, 0.25) is 0 Å². The summed E-state index contributed by atoms with van der Waals surface area (Å²) in [6, 6.07) is 7.78. The second-order valence-corrected chi connectivity index (χ2v) is 4.51. The largest absolute Gasteiger partial charge is 0.461 e. The Morgan fingerprint density at radius 2 is 1.95 bits per heavy atom. The SMILES string of the molecule is CCOC(=O)c1ncsc1-c1ccc(CN)cc1.Cl.Cl. The van der Waals surface area contributed by atoms with E-state index in [0.29, 0.717) is 18.8 Å². The lowest BCUT2D eigenvalue weighted by Gasteiger charge is -2.03. The number of hydrogen-bond donors (Lipinski definition) is 1. The number of rotatable bonds is 4. The summed E-state index contributed by atoms with van der Waals surface area (Å²) in [7, 11) is 0. The van der Waals surface area contributed by atoms with E-state index in [-0.39, 0.29) is 30.8 Å². The third kappa shape index (κ3) is 4.18. The van der Waals surface area contributed by atoms with Crippen LogP contribution in [0, 0.1) is 0 Å². The van der Waals surface area contributed by atoms with Gasteiger partial charge in [-0.2, -0.15) is 0 Å². The maximum Gasteiger partial charge on any atom is 0.358 e. The standard InChI is InChI=1S/C13H14N2O2S.2ClH/c1-2-17-13(16)11-12(18-8-15-11)10-5-3-9(7-14)4-6-10;;/h3-6,8H,2,7,14H2,1H3;2*1H. The zero-order chi connectivity index (χ0) is 13.0. The smallest absolute Gasteiger partial charge is 0.358 e. The van der Waals surface area contributed by atoms with Crippen molar-refractivity contribution in [3.8, 4) is 10.4 Å². The van der Waals surface area contributed by atoms with Gasteiger partial charge in [-0.3, -0.25) is 0 Å². The summed E-state index contributed by atoms with van der Waals surface area (Å²) in [5, 5.41) is 0. The molecule has 2 rings (SSSR count). The molecule has 1 aromatic heterocycles. The van der Waals surface area contributed by atoms with Gasteiger partial charge < -0.3 is 10.5 Å². The lowest BCUT2D eigenvalue weighted by molar-refractivity contribution is 0.0521. The molecule has 0 bridgehead atoms. The van der Waals surface area contributed by atoms with Gasteiger partial charge in [-0.25, -0.2) is 9.78 Å². The number of hydrogen-bond acceptors (Lipinski definition) is 5. The molecule has 0 aliphatic heterocycles. The average molecular weight is 335 g/mol. The summed E-state index contributed by atoms with van der Waals surface area (Å²) >= 11 is 1.43. The minimum Gasteiger partial charge on any atom is -0.461 e. The molecule has 0 amide bonds. The van der Waals surface area contributed by atoms with Gasteiger partial charge >= 0.3 is 5.97 Å². The van der Waals surface area contributed by atoms with Crippen molar-refractivity contribution in [3.63, 3.8) is 0 Å². The van der Waals surface area contributed by atoms with Crippen LogP contribution in [0.15, 0.2) is 29.8 Å². The molecular formula is C13H16Cl2N2O2S. The lowest BCUT2D eigenvalue weighted by Crippen LogP contribution is -2.06. The molecule has 1 heterocycles. The summed E-state index contributed by atoms with van der Waals surface area (Å²) in [6.45, 7) is 2.63. The molecule has 0 saturated carbocycles. The fourth-order valence-electron chi connectivity index (χ4n) is 1.59. The first-order valence-electron chi connectivity index (χ1n) is 5.66. The quantitative estimate of drug-likeness (QED) is 0.871. The highest BCUT2D eigenvalue weighted by Crippen LogP contribution is 2.28. The van der Waals surface area contributed by atoms with Crippen molar-refractivity contribution in [2.75, 3.05) is 6.61 Å². The van der Waals surface area contributed by atoms with Gasteiger partial charge in [0, 0.05) is 6.54 Å². The van der Waals surface area contributed by atoms with E-state index in [9.17, 15) is 4.79 Å². The van der Waals surface area contributed by atoms with Crippen molar-refractivity contribution >= 4 is 42.1 Å². The molecule has 20 heavy (non-hydrogen) atoms. The Balaban J connectivity index is 0.00000180. The van der Waals surface area contributed by atoms with E-state index >= 15 is 0 Å². The van der Waals surface area contributed by atoms with E-state index in [1.807, 2.05) is 24.3 Å². The Morgan fingerprint density at radius 1 is 1.30 bits per heavy atom. The molecule has 0 fully saturated rings. The number of halogens is 2. The number of ether oxygens (including phenoxy) is 1. The molecule has 0 aliphatic carbocycles. The molecule has 7 heteroatoms. The maximum absolute atomic E-state index is 11.7. The first-order valence-corrected chi connectivity index (χ1v) is 6.54. The van der Waals surface area contributed by atoms with Gasteiger partial charge in [-0.05, 0) is 18.1 Å². The molecule has 0 unspecified atom stereocenters. The Hall–Kier alpha value is -1.14. The zero-order valence-corrected chi connectivity index (χ0v) is 13.3. The summed E-state index contributed by atoms with van der Waals surface area (Å²) < 4.78 is 4.98. The molecule has 1 aromatic carbocycles. The predicted molar refractivity (Wildman–Crippen MR) is 85.9 cm³/mol. The Labute approximate surface area is 134 Å². The van der Waals surface area contributed by atoms with Crippen LogP contribution in [0.5, 0.6) is 0 Å². The van der Waals surface area contributed by atoms with E-state index in [2.05, 4.69) is 4.98 Å². The second kappa shape index (κ2) is 8.92. The van der Waals surface area contributed by atoms with Crippen LogP contribution in [0.1, 0.15) is 23.0 Å². The molecule has 2 aromatic rings. The van der Waals surface area contributed by atoms with Crippen LogP contribution in [-0.4, -0.2) is 17.6 Å². The van der Waals surface area contributed by atoms with Gasteiger partial charge in [0.05, 0.1) is 17.0 Å². The highest BCUT2D eigenvalue weighted by atomic mass is 35.5. The van der Waals surface area contributed by atoms with Gasteiger partial charge in [0.1, 0.15) is 0 Å². The van der Waals surface area contributed by atoms with Gasteiger partial charge in [-0.15, -0.1) is 36.2 Å². The van der Waals surface area contributed by atoms with Gasteiger partial charge in [0.15, 0.2) is 5.69 Å². The number of aromatic nitrogens is 1. The molecule has 0 radical (unpaired) electrons. The highest BCUT2D eigenvalue weighted by Gasteiger charge is 2.17. The monoisotopic (exact) mass is 334 g/mol. The van der Waals surface area contributed by atoms with E-state index in [0.717, 1.165) is 16.0 Å². The number of benzene rings is 1. The fourth-order valence-corrected chi connectivity index (χ4v) is 2.37. The van der Waals surface area contributed by atoms with Crippen molar-refractivity contribution < 1.29 is 9.53 Å². The predicted octanol–water partition coefficient (Wildman–Crippen LogP) is 3.29. The highest BCUT2D eigenvalue weighted by molar-refractivity contribution is 7.13. The lowest BCUT2D eigenvalue weighted by atomic mass is 10.1. The first kappa shape index (κ1) is 18.9. The number of nitrogens with two attached hydrogens (primary N) is 1. The van der Waals surface area contributed by atoms with E-state index in [1.54, 1.807) is 12.4 Å². The average Bonchev–Trinajstić information content (AvgIpc) is 2.88. The summed E-state index contributed by atoms with van der Waals surface area (Å²) in [5.74, 6) is -0.378. The molecule has 0 atom stereocenters. The summed E-state index contributed by atoms with van der Waals surface area (Å²) in [4.78, 5) is 16.6. The molecule has 0 spiro atoms. The minimum absolute atomic E-state index is 0. The molecule has 4 nitrogen and oxygen atoms in total. The number of carbonyl (C=O) groups excluding carboxylic acids is 1. The van der Waals surface area contributed by atoms with Crippen LogP contribution in [0.4, 0.5) is 0 Å². The molecule has 0 aliphatic rings. The van der Waals surface area contributed by atoms with Crippen molar-refractivity contribution in [3.05, 3.63) is 41.0 Å². The van der Waals surface area contributed by atoms with E-state index in [4.69, 9.17) is 10.5 Å². The van der Waals surface area contributed by atoms with Crippen molar-refractivity contribution in [2.45, 2.75) is 13.5 Å². The molecule has 2 N–H and O–H groups in total. The first-order chi connectivity index (χ1) is 8.76. The minimum atomic E-state index is -0.378. The maximum atomic E-state index is 11.7. The van der Waals surface area contributed by atoms with Crippen molar-refractivity contribution in [1.29, 1.82) is 0 Å². The van der Waals surface area contributed by atoms with Gasteiger partial charge in [-0.1, -0.05) is 24.3 Å². The number of thiazole rings is 1. The summed E-state index contributed by atoms with van der Waals surface area (Å²) in [6.07, 6.45) is 0. The Bertz CT molecular complexity index is 544. The van der Waals surface area contributed by atoms with Crippen molar-refractivity contribution in [1.82, 2.24) is 4.98 Å². The fraction of sp³-hybridized carbons (Fsp3) is 0.231. The number of carbonyl (C=O) groups is 1. The molecule has 0 saturated heterocycles. The Morgan fingerprint density at radius 3 is 2.50 bits per heavy atom. The van der Waals surface area contributed by atoms with Crippen LogP contribution < -0.4 is 5.73 Å². The third-order valence-corrected chi connectivity index (χ3v) is 3.36. The molecular weight excluding hydrogens is 319 g/mol. The van der Waals surface area contributed by atoms with E-state index < -0.39 is 0 Å². The topological polar surface area (TPSA) is 65.2 Å². The zero-order valence-electron chi connectivity index (χ0n) is 10.9. The molecule has 110 valence electrons. The van der Waals surface area contributed by atoms with Gasteiger partial charge in [0.2, 0.25) is 0 Å². The third-order valence-electron chi connectivity index (χ3n) is 2.49. The normalized spacial score (nSPS) is 9.30. The van der Waals surface area contributed by atoms with E-state index in [1.165, 1.54) is 11.3 Å². The Kier molecular flexibility index (Phi) is 8.41. The van der Waals surface area contributed by atoms with Crippen LogP contribution in [-0.2, 0) is 11.3 Å². The number of nitrogens with zero attached hydrogens (tertiary/aromatic N) is 1. The van der Waals surface area contributed by atoms with Crippen molar-refractivity contribution in [2.24, 2.45) is 5.73 Å². The van der Waals surface area contributed by atoms with Crippen LogP contribution in [0.3, 0.4) is 0 Å².